The van der Waals surface area contributed by atoms with E-state index in [1.54, 1.807) is 16.8 Å². The van der Waals surface area contributed by atoms with Crippen molar-refractivity contribution in [2.24, 2.45) is 7.05 Å². The molecule has 0 spiro atoms. The lowest BCUT2D eigenvalue weighted by Crippen LogP contribution is -2.07. The molecule has 2 aromatic heterocycles. The number of aryl methyl sites for hydroxylation is 2. The first-order valence-corrected chi connectivity index (χ1v) is 8.00. The third kappa shape index (κ3) is 3.12. The van der Waals surface area contributed by atoms with Gasteiger partial charge in [-0.2, -0.15) is 15.5 Å². The Morgan fingerprint density at radius 1 is 1.22 bits per heavy atom. The summed E-state index contributed by atoms with van der Waals surface area (Å²) in [5.74, 6) is -0.270. The van der Waals surface area contributed by atoms with Crippen LogP contribution in [0.5, 0.6) is 0 Å². The molecule has 1 aromatic carbocycles. The molecule has 5 nitrogen and oxygen atoms in total. The highest BCUT2D eigenvalue weighted by atomic mass is 127. The molecule has 0 saturated carbocycles. The SMILES string of the molecule is Cc1cc(Cc2cc(C#N)nn2C)n(-c2ccc(F)cc2I)n1. The van der Waals surface area contributed by atoms with Gasteiger partial charge in [-0.25, -0.2) is 9.07 Å². The molecule has 3 rings (SSSR count). The average molecular weight is 421 g/mol. The second-order valence-electron chi connectivity index (χ2n) is 5.22. The van der Waals surface area contributed by atoms with Gasteiger partial charge in [0.15, 0.2) is 5.69 Å². The van der Waals surface area contributed by atoms with Crippen molar-refractivity contribution in [1.29, 1.82) is 5.26 Å². The van der Waals surface area contributed by atoms with Crippen LogP contribution in [0.25, 0.3) is 5.69 Å². The maximum Gasteiger partial charge on any atom is 0.162 e. The molecule has 23 heavy (non-hydrogen) atoms. The van der Waals surface area contributed by atoms with Gasteiger partial charge in [0.1, 0.15) is 11.9 Å². The topological polar surface area (TPSA) is 59.4 Å². The maximum atomic E-state index is 13.3. The second kappa shape index (κ2) is 6.12. The van der Waals surface area contributed by atoms with E-state index >= 15 is 0 Å². The molecule has 0 amide bonds. The Kier molecular flexibility index (Phi) is 4.17. The quantitative estimate of drug-likeness (QED) is 0.611. The van der Waals surface area contributed by atoms with Gasteiger partial charge in [-0.3, -0.25) is 4.68 Å². The molecule has 0 N–H and O–H groups in total. The Hall–Kier alpha value is -2.21. The molecule has 116 valence electrons. The molecule has 0 radical (unpaired) electrons. The molecule has 0 atom stereocenters. The third-order valence-corrected chi connectivity index (χ3v) is 4.36. The highest BCUT2D eigenvalue weighted by molar-refractivity contribution is 14.1. The van der Waals surface area contributed by atoms with Crippen LogP contribution in [-0.4, -0.2) is 19.6 Å². The van der Waals surface area contributed by atoms with Gasteiger partial charge in [-0.15, -0.1) is 0 Å². The molecule has 7 heteroatoms. The minimum atomic E-state index is -0.270. The summed E-state index contributed by atoms with van der Waals surface area (Å²) >= 11 is 2.10. The van der Waals surface area contributed by atoms with Crippen LogP contribution in [0.3, 0.4) is 0 Å². The highest BCUT2D eigenvalue weighted by Crippen LogP contribution is 2.22. The monoisotopic (exact) mass is 421 g/mol. The lowest BCUT2D eigenvalue weighted by atomic mass is 10.2. The average Bonchev–Trinajstić information content (AvgIpc) is 3.03. The molecule has 0 fully saturated rings. The van der Waals surface area contributed by atoms with Crippen molar-refractivity contribution < 1.29 is 4.39 Å². The number of aromatic nitrogens is 4. The smallest absolute Gasteiger partial charge is 0.162 e. The molecule has 0 unspecified atom stereocenters. The van der Waals surface area contributed by atoms with Crippen molar-refractivity contribution >= 4 is 22.6 Å². The lowest BCUT2D eigenvalue weighted by molar-refractivity contribution is 0.625. The van der Waals surface area contributed by atoms with Gasteiger partial charge >= 0.3 is 0 Å². The van der Waals surface area contributed by atoms with Crippen molar-refractivity contribution in [2.75, 3.05) is 0 Å². The molecule has 0 aliphatic carbocycles. The summed E-state index contributed by atoms with van der Waals surface area (Å²) in [4.78, 5) is 0. The molecular formula is C16H13FIN5. The van der Waals surface area contributed by atoms with Crippen molar-refractivity contribution in [3.8, 4) is 11.8 Å². The summed E-state index contributed by atoms with van der Waals surface area (Å²) in [6.45, 7) is 1.92. The fourth-order valence-corrected chi connectivity index (χ4v) is 3.16. The molecule has 0 saturated heterocycles. The van der Waals surface area contributed by atoms with Gasteiger partial charge in [0.25, 0.3) is 0 Å². The van der Waals surface area contributed by atoms with E-state index in [0.29, 0.717) is 12.1 Å². The predicted molar refractivity (Wildman–Crippen MR) is 91.7 cm³/mol. The zero-order valence-electron chi connectivity index (χ0n) is 12.6. The first kappa shape index (κ1) is 15.7. The summed E-state index contributed by atoms with van der Waals surface area (Å²) in [5, 5.41) is 17.6. The summed E-state index contributed by atoms with van der Waals surface area (Å²) < 4.78 is 17.6. The zero-order chi connectivity index (χ0) is 16.6. The number of hydrogen-bond donors (Lipinski definition) is 0. The first-order valence-electron chi connectivity index (χ1n) is 6.92. The third-order valence-electron chi connectivity index (χ3n) is 3.50. The summed E-state index contributed by atoms with van der Waals surface area (Å²) in [6.07, 6.45) is 0.583. The van der Waals surface area contributed by atoms with E-state index in [4.69, 9.17) is 5.26 Å². The number of benzene rings is 1. The number of nitrogens with zero attached hydrogens (tertiary/aromatic N) is 5. The van der Waals surface area contributed by atoms with Crippen LogP contribution in [0.4, 0.5) is 4.39 Å². The summed E-state index contributed by atoms with van der Waals surface area (Å²) in [6, 6.07) is 10.4. The van der Waals surface area contributed by atoms with Crippen LogP contribution in [0, 0.1) is 27.6 Å². The fraction of sp³-hybridized carbons (Fsp3) is 0.188. The Morgan fingerprint density at radius 3 is 2.65 bits per heavy atom. The van der Waals surface area contributed by atoms with E-state index < -0.39 is 0 Å². The van der Waals surface area contributed by atoms with Crippen molar-refractivity contribution in [2.45, 2.75) is 13.3 Å². The van der Waals surface area contributed by atoms with Gasteiger partial charge in [-0.05, 0) is 59.8 Å². The molecule has 3 aromatic rings. The van der Waals surface area contributed by atoms with Crippen LogP contribution in [0.2, 0.25) is 0 Å². The number of nitriles is 1. The second-order valence-corrected chi connectivity index (χ2v) is 6.38. The predicted octanol–water partition coefficient (Wildman–Crippen LogP) is 3.12. The minimum Gasteiger partial charge on any atom is -0.271 e. The lowest BCUT2D eigenvalue weighted by Gasteiger charge is -2.10. The van der Waals surface area contributed by atoms with E-state index in [9.17, 15) is 4.39 Å². The van der Waals surface area contributed by atoms with Crippen molar-refractivity contribution in [3.05, 3.63) is 62.5 Å². The Bertz CT molecular complexity index is 919. The van der Waals surface area contributed by atoms with Gasteiger partial charge in [0.05, 0.1) is 17.1 Å². The van der Waals surface area contributed by atoms with E-state index in [-0.39, 0.29) is 5.82 Å². The molecule has 0 bridgehead atoms. The fourth-order valence-electron chi connectivity index (χ4n) is 2.45. The molecule has 0 aliphatic rings. The highest BCUT2D eigenvalue weighted by Gasteiger charge is 2.14. The van der Waals surface area contributed by atoms with Crippen molar-refractivity contribution in [1.82, 2.24) is 19.6 Å². The maximum absolute atomic E-state index is 13.3. The molecule has 2 heterocycles. The van der Waals surface area contributed by atoms with Crippen LogP contribution < -0.4 is 0 Å². The van der Waals surface area contributed by atoms with Gasteiger partial charge in [0, 0.05) is 22.7 Å². The molecular weight excluding hydrogens is 408 g/mol. The van der Waals surface area contributed by atoms with E-state index in [2.05, 4.69) is 32.8 Å². The van der Waals surface area contributed by atoms with Gasteiger partial charge in [0.2, 0.25) is 0 Å². The first-order chi connectivity index (χ1) is 11.0. The van der Waals surface area contributed by atoms with Crippen molar-refractivity contribution in [3.63, 3.8) is 0 Å². The minimum absolute atomic E-state index is 0.270. The standard InChI is InChI=1S/C16H13FIN5/c1-10-5-14(8-13-7-12(9-19)21-22(13)2)23(20-10)16-4-3-11(17)6-15(16)18/h3-7H,8H2,1-2H3. The molecule has 0 aliphatic heterocycles. The van der Waals surface area contributed by atoms with Crippen LogP contribution in [0.15, 0.2) is 30.3 Å². The van der Waals surface area contributed by atoms with Crippen LogP contribution in [0.1, 0.15) is 22.8 Å². The number of rotatable bonds is 3. The zero-order valence-corrected chi connectivity index (χ0v) is 14.7. The summed E-state index contributed by atoms with van der Waals surface area (Å²) in [5.41, 5.74) is 3.97. The Morgan fingerprint density at radius 2 is 2.00 bits per heavy atom. The van der Waals surface area contributed by atoms with Gasteiger partial charge in [-0.1, -0.05) is 0 Å². The number of halogens is 2. The van der Waals surface area contributed by atoms with E-state index in [0.717, 1.165) is 26.3 Å². The van der Waals surface area contributed by atoms with E-state index in [1.165, 1.54) is 12.1 Å². The normalized spacial score (nSPS) is 10.7. The summed E-state index contributed by atoms with van der Waals surface area (Å²) in [7, 11) is 1.81. The Labute approximate surface area is 146 Å². The van der Waals surface area contributed by atoms with Gasteiger partial charge < -0.3 is 0 Å². The number of hydrogen-bond acceptors (Lipinski definition) is 3. The van der Waals surface area contributed by atoms with Crippen LogP contribution in [-0.2, 0) is 13.5 Å². The largest absolute Gasteiger partial charge is 0.271 e. The Balaban J connectivity index is 2.04. The van der Waals surface area contributed by atoms with Crippen LogP contribution >= 0.6 is 22.6 Å². The van der Waals surface area contributed by atoms with E-state index in [1.807, 2.05) is 30.8 Å².